The van der Waals surface area contributed by atoms with Crippen molar-refractivity contribution in [2.45, 2.75) is 17.7 Å². The summed E-state index contributed by atoms with van der Waals surface area (Å²) in [5.74, 6) is 0.613. The minimum Gasteiger partial charge on any atom is -0.284 e. The van der Waals surface area contributed by atoms with Crippen LogP contribution in [-0.4, -0.2) is 26.3 Å². The first-order valence-corrected chi connectivity index (χ1v) is 8.69. The van der Waals surface area contributed by atoms with Crippen molar-refractivity contribution in [3.8, 4) is 0 Å². The quantitative estimate of drug-likeness (QED) is 0.477. The van der Waals surface area contributed by atoms with Crippen molar-refractivity contribution in [3.05, 3.63) is 24.3 Å². The molecule has 6 heteroatoms. The predicted octanol–water partition coefficient (Wildman–Crippen LogP) is 3.17. The Morgan fingerprint density at radius 1 is 1.24 bits per heavy atom. The minimum atomic E-state index is -3.24. The number of rotatable bonds is 7. The maximum Gasteiger partial charge on any atom is 0.232 e. The molecule has 1 N–H and O–H groups in total. The lowest BCUT2D eigenvalue weighted by molar-refractivity contribution is 0.598. The van der Waals surface area contributed by atoms with Crippen LogP contribution >= 0.6 is 23.4 Å². The molecule has 0 radical (unpaired) electrons. The monoisotopic (exact) mass is 293 g/mol. The highest BCUT2D eigenvalue weighted by molar-refractivity contribution is 7.98. The van der Waals surface area contributed by atoms with E-state index in [9.17, 15) is 8.42 Å². The van der Waals surface area contributed by atoms with Crippen molar-refractivity contribution < 1.29 is 8.42 Å². The summed E-state index contributed by atoms with van der Waals surface area (Å²) in [6.45, 7) is 0. The van der Waals surface area contributed by atoms with Crippen LogP contribution in [0.25, 0.3) is 0 Å². The number of halogens is 1. The van der Waals surface area contributed by atoms with Gasteiger partial charge in [-0.25, -0.2) is 8.42 Å². The third kappa shape index (κ3) is 5.66. The Kier molecular flexibility index (Phi) is 6.16. The number of benzene rings is 1. The van der Waals surface area contributed by atoms with Crippen LogP contribution in [0.3, 0.4) is 0 Å². The van der Waals surface area contributed by atoms with Gasteiger partial charge in [0.2, 0.25) is 10.0 Å². The van der Waals surface area contributed by atoms with Crippen molar-refractivity contribution in [2.75, 3.05) is 22.6 Å². The molecular weight excluding hydrogens is 278 g/mol. The molecule has 1 rings (SSSR count). The summed E-state index contributed by atoms with van der Waals surface area (Å²) < 4.78 is 25.9. The van der Waals surface area contributed by atoms with E-state index >= 15 is 0 Å². The number of anilines is 1. The third-order valence-electron chi connectivity index (χ3n) is 2.16. The predicted molar refractivity (Wildman–Crippen MR) is 75.6 cm³/mol. The first kappa shape index (κ1) is 14.7. The fraction of sp³-hybridized carbons (Fsp3) is 0.455. The van der Waals surface area contributed by atoms with Gasteiger partial charge in [-0.3, -0.25) is 4.72 Å². The van der Waals surface area contributed by atoms with E-state index in [1.807, 2.05) is 18.4 Å². The number of hydrogen-bond donors (Lipinski definition) is 1. The van der Waals surface area contributed by atoms with E-state index in [0.717, 1.165) is 4.90 Å². The average molecular weight is 294 g/mol. The van der Waals surface area contributed by atoms with E-state index in [1.165, 1.54) is 0 Å². The lowest BCUT2D eigenvalue weighted by atomic mass is 10.3. The molecule has 0 heterocycles. The highest BCUT2D eigenvalue weighted by atomic mass is 35.5. The number of hydrogen-bond acceptors (Lipinski definition) is 3. The maximum absolute atomic E-state index is 11.7. The molecule has 0 unspecified atom stereocenters. The summed E-state index contributed by atoms with van der Waals surface area (Å²) in [7, 11) is -3.24. The standard InChI is InChI=1S/C11H16ClNO2S2/c1-16-11-6-4-10(5-7-11)13-17(14,15)9-3-2-8-12/h4-7,13H,2-3,8-9H2,1H3. The molecule has 0 fully saturated rings. The van der Waals surface area contributed by atoms with Crippen molar-refractivity contribution in [2.24, 2.45) is 0 Å². The Bertz CT molecular complexity index is 431. The fourth-order valence-electron chi connectivity index (χ4n) is 1.28. The zero-order valence-corrected chi connectivity index (χ0v) is 12.0. The Morgan fingerprint density at radius 3 is 2.41 bits per heavy atom. The summed E-state index contributed by atoms with van der Waals surface area (Å²) in [4.78, 5) is 1.11. The van der Waals surface area contributed by atoms with Crippen molar-refractivity contribution in [3.63, 3.8) is 0 Å². The van der Waals surface area contributed by atoms with Gasteiger partial charge in [-0.1, -0.05) is 0 Å². The Labute approximate surface area is 112 Å². The largest absolute Gasteiger partial charge is 0.284 e. The van der Waals surface area contributed by atoms with Crippen molar-refractivity contribution in [1.82, 2.24) is 0 Å². The van der Waals surface area contributed by atoms with Gasteiger partial charge in [-0.05, 0) is 43.4 Å². The Hall–Kier alpha value is -0.390. The molecule has 0 saturated heterocycles. The maximum atomic E-state index is 11.7. The van der Waals surface area contributed by atoms with Gasteiger partial charge in [0.15, 0.2) is 0 Å². The summed E-state index contributed by atoms with van der Waals surface area (Å²) in [6.07, 6.45) is 3.28. The second-order valence-electron chi connectivity index (χ2n) is 3.55. The zero-order chi connectivity index (χ0) is 12.7. The van der Waals surface area contributed by atoms with Gasteiger partial charge in [0.1, 0.15) is 0 Å². The van der Waals surface area contributed by atoms with Crippen molar-refractivity contribution >= 4 is 39.1 Å². The molecule has 17 heavy (non-hydrogen) atoms. The molecule has 3 nitrogen and oxygen atoms in total. The molecular formula is C11H16ClNO2S2. The molecule has 1 aromatic carbocycles. The lowest BCUT2D eigenvalue weighted by Crippen LogP contribution is -2.16. The van der Waals surface area contributed by atoms with Gasteiger partial charge in [0.05, 0.1) is 5.75 Å². The van der Waals surface area contributed by atoms with E-state index in [2.05, 4.69) is 4.72 Å². The number of thioether (sulfide) groups is 1. The van der Waals surface area contributed by atoms with Crippen LogP contribution in [0.15, 0.2) is 29.2 Å². The number of unbranched alkanes of at least 4 members (excludes halogenated alkanes) is 1. The van der Waals surface area contributed by atoms with Crippen LogP contribution in [0.4, 0.5) is 5.69 Å². The van der Waals surface area contributed by atoms with Gasteiger partial charge in [0, 0.05) is 16.5 Å². The molecule has 0 aliphatic rings. The minimum absolute atomic E-state index is 0.115. The van der Waals surface area contributed by atoms with Gasteiger partial charge >= 0.3 is 0 Å². The highest BCUT2D eigenvalue weighted by Gasteiger charge is 2.09. The normalized spacial score (nSPS) is 11.4. The van der Waals surface area contributed by atoms with E-state index in [4.69, 9.17) is 11.6 Å². The van der Waals surface area contributed by atoms with Crippen LogP contribution in [-0.2, 0) is 10.0 Å². The molecule has 96 valence electrons. The molecule has 0 saturated carbocycles. The van der Waals surface area contributed by atoms with E-state index in [1.54, 1.807) is 23.9 Å². The smallest absolute Gasteiger partial charge is 0.232 e. The van der Waals surface area contributed by atoms with Crippen LogP contribution < -0.4 is 4.72 Å². The van der Waals surface area contributed by atoms with Gasteiger partial charge in [0.25, 0.3) is 0 Å². The van der Waals surface area contributed by atoms with Crippen LogP contribution in [0.5, 0.6) is 0 Å². The fourth-order valence-corrected chi connectivity index (χ4v) is 3.05. The number of sulfonamides is 1. The average Bonchev–Trinajstić information content (AvgIpc) is 2.30. The van der Waals surface area contributed by atoms with E-state index < -0.39 is 10.0 Å². The topological polar surface area (TPSA) is 46.2 Å². The Balaban J connectivity index is 2.56. The zero-order valence-electron chi connectivity index (χ0n) is 9.65. The van der Waals surface area contributed by atoms with Gasteiger partial charge in [-0.2, -0.15) is 0 Å². The summed E-state index contributed by atoms with van der Waals surface area (Å²) >= 11 is 7.13. The van der Waals surface area contributed by atoms with E-state index in [0.29, 0.717) is 24.4 Å². The SMILES string of the molecule is CSc1ccc(NS(=O)(=O)CCCCCl)cc1. The van der Waals surface area contributed by atoms with Crippen LogP contribution in [0.2, 0.25) is 0 Å². The number of nitrogens with one attached hydrogen (secondary N) is 1. The molecule has 0 aliphatic carbocycles. The van der Waals surface area contributed by atoms with E-state index in [-0.39, 0.29) is 5.75 Å². The van der Waals surface area contributed by atoms with Gasteiger partial charge in [-0.15, -0.1) is 23.4 Å². The Morgan fingerprint density at radius 2 is 1.88 bits per heavy atom. The number of alkyl halides is 1. The van der Waals surface area contributed by atoms with Gasteiger partial charge < -0.3 is 0 Å². The van der Waals surface area contributed by atoms with Crippen LogP contribution in [0.1, 0.15) is 12.8 Å². The highest BCUT2D eigenvalue weighted by Crippen LogP contribution is 2.18. The summed E-state index contributed by atoms with van der Waals surface area (Å²) in [6, 6.07) is 7.32. The molecule has 0 aliphatic heterocycles. The molecule has 0 aromatic heterocycles. The third-order valence-corrected chi connectivity index (χ3v) is 4.54. The summed E-state index contributed by atoms with van der Waals surface area (Å²) in [5, 5.41) is 0. The second-order valence-corrected chi connectivity index (χ2v) is 6.65. The van der Waals surface area contributed by atoms with Crippen molar-refractivity contribution in [1.29, 1.82) is 0 Å². The van der Waals surface area contributed by atoms with Crippen LogP contribution in [0, 0.1) is 0 Å². The molecule has 1 aromatic rings. The first-order chi connectivity index (χ1) is 8.07. The molecule has 0 amide bonds. The molecule has 0 spiro atoms. The molecule has 0 atom stereocenters. The second kappa shape index (κ2) is 7.13. The lowest BCUT2D eigenvalue weighted by Gasteiger charge is -2.07. The summed E-state index contributed by atoms with van der Waals surface area (Å²) in [5.41, 5.74) is 0.605. The first-order valence-electron chi connectivity index (χ1n) is 5.28. The molecule has 0 bridgehead atoms.